The molecule has 0 amide bonds. The van der Waals surface area contributed by atoms with Gasteiger partial charge < -0.3 is 19.4 Å². The Morgan fingerprint density at radius 2 is 1.28 bits per heavy atom. The predicted molar refractivity (Wildman–Crippen MR) is 91.5 cm³/mol. The molecule has 0 N–H and O–H groups in total. The van der Waals surface area contributed by atoms with Crippen LogP contribution in [-0.2, 0) is 4.74 Å². The summed E-state index contributed by atoms with van der Waals surface area (Å²) in [5.41, 5.74) is 0. The lowest BCUT2D eigenvalue weighted by atomic mass is 10.3. The molecule has 9 heteroatoms. The van der Waals surface area contributed by atoms with Crippen LogP contribution < -0.4 is 14.7 Å². The lowest BCUT2D eigenvalue weighted by Crippen LogP contribution is -2.47. The molecule has 4 rings (SSSR count). The Hall–Kier alpha value is -2.55. The van der Waals surface area contributed by atoms with Crippen molar-refractivity contribution in [3.8, 4) is 0 Å². The second-order valence-corrected chi connectivity index (χ2v) is 6.02. The van der Waals surface area contributed by atoms with Gasteiger partial charge in [0, 0.05) is 39.3 Å². The van der Waals surface area contributed by atoms with E-state index in [1.807, 2.05) is 17.0 Å². The molecule has 2 aliphatic rings. The number of ether oxygens (including phenoxy) is 1. The van der Waals surface area contributed by atoms with Crippen LogP contribution in [-0.4, -0.2) is 72.6 Å². The maximum absolute atomic E-state index is 12.9. The number of halogens is 1. The molecule has 0 aliphatic carbocycles. The maximum Gasteiger partial charge on any atom is 0.225 e. The Balaban J connectivity index is 1.36. The fourth-order valence-electron chi connectivity index (χ4n) is 3.05. The number of morpholine rings is 1. The van der Waals surface area contributed by atoms with Crippen LogP contribution in [0.25, 0.3) is 0 Å². The molecular formula is C16H20FN7O. The summed E-state index contributed by atoms with van der Waals surface area (Å²) >= 11 is 0. The normalized spacial score (nSPS) is 18.5. The molecule has 2 fully saturated rings. The number of rotatable bonds is 3. The number of piperazine rings is 1. The van der Waals surface area contributed by atoms with E-state index in [0.717, 1.165) is 64.1 Å². The standard InChI is InChI=1S/C16H20FN7O/c17-13-11-18-16(19-12-13)24-5-3-22(4-6-24)14-1-2-15(21-20-14)23-7-9-25-10-8-23/h1-2,11-12H,3-10H2. The molecule has 8 nitrogen and oxygen atoms in total. The number of aromatic nitrogens is 4. The van der Waals surface area contributed by atoms with Crippen LogP contribution in [0.15, 0.2) is 24.5 Å². The summed E-state index contributed by atoms with van der Waals surface area (Å²) in [5.74, 6) is 1.91. The second-order valence-electron chi connectivity index (χ2n) is 6.02. The first kappa shape index (κ1) is 15.9. The second kappa shape index (κ2) is 7.14. The molecule has 0 saturated carbocycles. The zero-order valence-corrected chi connectivity index (χ0v) is 13.9. The average Bonchev–Trinajstić information content (AvgIpc) is 2.70. The van der Waals surface area contributed by atoms with Crippen LogP contribution >= 0.6 is 0 Å². The highest BCUT2D eigenvalue weighted by Gasteiger charge is 2.21. The molecular weight excluding hydrogens is 325 g/mol. The number of hydrogen-bond acceptors (Lipinski definition) is 8. The Kier molecular flexibility index (Phi) is 4.55. The number of hydrogen-bond donors (Lipinski definition) is 0. The van der Waals surface area contributed by atoms with E-state index in [1.54, 1.807) is 0 Å². The first-order valence-electron chi connectivity index (χ1n) is 8.43. The highest BCUT2D eigenvalue weighted by molar-refractivity contribution is 5.46. The zero-order valence-electron chi connectivity index (χ0n) is 13.9. The number of anilines is 3. The van der Waals surface area contributed by atoms with Gasteiger partial charge in [-0.25, -0.2) is 14.4 Å². The van der Waals surface area contributed by atoms with Gasteiger partial charge in [-0.15, -0.1) is 10.2 Å². The van der Waals surface area contributed by atoms with Gasteiger partial charge in [0.25, 0.3) is 0 Å². The Bertz CT molecular complexity index is 683. The minimum absolute atomic E-state index is 0.419. The molecule has 0 radical (unpaired) electrons. The number of nitrogens with zero attached hydrogens (tertiary/aromatic N) is 7. The fourth-order valence-corrected chi connectivity index (χ4v) is 3.05. The van der Waals surface area contributed by atoms with Gasteiger partial charge in [0.15, 0.2) is 17.5 Å². The molecule has 0 unspecified atom stereocenters. The molecule has 0 bridgehead atoms. The molecule has 2 aliphatic heterocycles. The summed E-state index contributed by atoms with van der Waals surface area (Å²) in [6.07, 6.45) is 2.40. The van der Waals surface area contributed by atoms with E-state index < -0.39 is 5.82 Å². The van der Waals surface area contributed by atoms with Gasteiger partial charge in [0.2, 0.25) is 5.95 Å². The third-order valence-electron chi connectivity index (χ3n) is 4.46. The smallest absolute Gasteiger partial charge is 0.225 e. The highest BCUT2D eigenvalue weighted by atomic mass is 19.1. The van der Waals surface area contributed by atoms with E-state index in [2.05, 4.69) is 30.0 Å². The van der Waals surface area contributed by atoms with Gasteiger partial charge in [-0.2, -0.15) is 0 Å². The van der Waals surface area contributed by atoms with Gasteiger partial charge in [-0.3, -0.25) is 0 Å². The predicted octanol–water partition coefficient (Wildman–Crippen LogP) is 0.569. The topological polar surface area (TPSA) is 70.5 Å². The van der Waals surface area contributed by atoms with Crippen LogP contribution in [0, 0.1) is 5.82 Å². The minimum atomic E-state index is -0.419. The SMILES string of the molecule is Fc1cnc(N2CCN(c3ccc(N4CCOCC4)nn3)CC2)nc1. The fraction of sp³-hybridized carbons (Fsp3) is 0.500. The molecule has 132 valence electrons. The van der Waals surface area contributed by atoms with Crippen LogP contribution in [0.1, 0.15) is 0 Å². The highest BCUT2D eigenvalue weighted by Crippen LogP contribution is 2.18. The van der Waals surface area contributed by atoms with Gasteiger partial charge in [0.05, 0.1) is 25.6 Å². The van der Waals surface area contributed by atoms with Crippen molar-refractivity contribution in [2.24, 2.45) is 0 Å². The molecule has 25 heavy (non-hydrogen) atoms. The van der Waals surface area contributed by atoms with E-state index in [0.29, 0.717) is 5.95 Å². The van der Waals surface area contributed by atoms with Crippen molar-refractivity contribution in [2.75, 3.05) is 67.2 Å². The Labute approximate surface area is 145 Å². The van der Waals surface area contributed by atoms with E-state index in [9.17, 15) is 4.39 Å². The molecule has 4 heterocycles. The van der Waals surface area contributed by atoms with Crippen molar-refractivity contribution >= 4 is 17.6 Å². The Morgan fingerprint density at radius 3 is 1.84 bits per heavy atom. The maximum atomic E-state index is 12.9. The van der Waals surface area contributed by atoms with Crippen LogP contribution in [0.5, 0.6) is 0 Å². The van der Waals surface area contributed by atoms with Crippen molar-refractivity contribution in [3.63, 3.8) is 0 Å². The van der Waals surface area contributed by atoms with E-state index in [-0.39, 0.29) is 0 Å². The van der Waals surface area contributed by atoms with Crippen molar-refractivity contribution in [2.45, 2.75) is 0 Å². The summed E-state index contributed by atoms with van der Waals surface area (Å²) < 4.78 is 18.3. The first-order valence-corrected chi connectivity index (χ1v) is 8.43. The molecule has 2 aromatic heterocycles. The quantitative estimate of drug-likeness (QED) is 0.800. The lowest BCUT2D eigenvalue weighted by Gasteiger charge is -2.35. The van der Waals surface area contributed by atoms with Crippen LogP contribution in [0.3, 0.4) is 0 Å². The molecule has 0 aromatic carbocycles. The van der Waals surface area contributed by atoms with Crippen molar-refractivity contribution in [3.05, 3.63) is 30.3 Å². The summed E-state index contributed by atoms with van der Waals surface area (Å²) in [6, 6.07) is 4.03. The summed E-state index contributed by atoms with van der Waals surface area (Å²) in [4.78, 5) is 14.5. The van der Waals surface area contributed by atoms with E-state index in [1.165, 1.54) is 12.4 Å². The summed E-state index contributed by atoms with van der Waals surface area (Å²) in [5, 5.41) is 8.74. The molecule has 2 aromatic rings. The van der Waals surface area contributed by atoms with Crippen LogP contribution in [0.4, 0.5) is 22.0 Å². The third-order valence-corrected chi connectivity index (χ3v) is 4.46. The summed E-state index contributed by atoms with van der Waals surface area (Å²) in [7, 11) is 0. The first-order chi connectivity index (χ1) is 12.3. The monoisotopic (exact) mass is 345 g/mol. The van der Waals surface area contributed by atoms with Gasteiger partial charge in [-0.1, -0.05) is 0 Å². The van der Waals surface area contributed by atoms with Gasteiger partial charge >= 0.3 is 0 Å². The molecule has 0 atom stereocenters. The van der Waals surface area contributed by atoms with Crippen molar-refractivity contribution in [1.29, 1.82) is 0 Å². The lowest BCUT2D eigenvalue weighted by molar-refractivity contribution is 0.122. The Morgan fingerprint density at radius 1 is 0.760 bits per heavy atom. The third kappa shape index (κ3) is 3.60. The molecule has 2 saturated heterocycles. The molecule has 0 spiro atoms. The summed E-state index contributed by atoms with van der Waals surface area (Å²) in [6.45, 7) is 6.29. The average molecular weight is 345 g/mol. The zero-order chi connectivity index (χ0) is 17.1. The van der Waals surface area contributed by atoms with E-state index >= 15 is 0 Å². The largest absolute Gasteiger partial charge is 0.378 e. The van der Waals surface area contributed by atoms with Crippen LogP contribution in [0.2, 0.25) is 0 Å². The minimum Gasteiger partial charge on any atom is -0.378 e. The van der Waals surface area contributed by atoms with Gasteiger partial charge in [0.1, 0.15) is 0 Å². The van der Waals surface area contributed by atoms with E-state index in [4.69, 9.17) is 4.74 Å². The van der Waals surface area contributed by atoms with Crippen molar-refractivity contribution < 1.29 is 9.13 Å². The van der Waals surface area contributed by atoms with Gasteiger partial charge in [-0.05, 0) is 12.1 Å². The van der Waals surface area contributed by atoms with Crippen molar-refractivity contribution in [1.82, 2.24) is 20.2 Å².